The van der Waals surface area contributed by atoms with Gasteiger partial charge in [-0.05, 0) is 19.4 Å². The van der Waals surface area contributed by atoms with E-state index in [1.165, 1.54) is 13.0 Å². The predicted molar refractivity (Wildman–Crippen MR) is 71.9 cm³/mol. The number of hydrogen-bond donors (Lipinski definition) is 4. The van der Waals surface area contributed by atoms with E-state index < -0.39 is 30.8 Å². The molecule has 0 aliphatic heterocycles. The average molecular weight is 290 g/mol. The lowest BCUT2D eigenvalue weighted by atomic mass is 10.2. The van der Waals surface area contributed by atoms with Gasteiger partial charge in [-0.2, -0.15) is 0 Å². The van der Waals surface area contributed by atoms with Crippen LogP contribution in [0.2, 0.25) is 0 Å². The molecule has 0 aromatic carbocycles. The van der Waals surface area contributed by atoms with Crippen LogP contribution in [-0.2, 0) is 14.3 Å². The molecule has 0 aliphatic rings. The fraction of sp³-hybridized carbons (Fsp3) is 0.538. The summed E-state index contributed by atoms with van der Waals surface area (Å²) < 4.78 is 4.38. The standard InChI is InChI=1S/C7H12O3.C6H10O4/c1-3-6(8)4-5(2)7(9)10;1-2-6(9)10-4-5(8)3-7/h4,6,8H,3H2,1-2H3,(H,9,10);2,5,7-8H,1,3-4H2. The predicted octanol–water partition coefficient (Wildman–Crippen LogP) is -0.143. The molecule has 0 saturated carbocycles. The van der Waals surface area contributed by atoms with Crippen LogP contribution in [0.4, 0.5) is 0 Å². The summed E-state index contributed by atoms with van der Waals surface area (Å²) in [6.45, 7) is 5.79. The minimum atomic E-state index is -0.996. The zero-order valence-corrected chi connectivity index (χ0v) is 11.7. The van der Waals surface area contributed by atoms with Crippen molar-refractivity contribution >= 4 is 11.9 Å². The summed E-state index contributed by atoms with van der Waals surface area (Å²) in [5.41, 5.74) is 0.189. The Bertz CT molecular complexity index is 336. The first-order valence-electron chi connectivity index (χ1n) is 5.96. The normalized spacial score (nSPS) is 13.6. The summed E-state index contributed by atoms with van der Waals surface area (Å²) in [6.07, 6.45) is 1.25. The lowest BCUT2D eigenvalue weighted by Crippen LogP contribution is -2.21. The van der Waals surface area contributed by atoms with Crippen LogP contribution >= 0.6 is 0 Å². The monoisotopic (exact) mass is 290 g/mol. The number of carbonyl (C=O) groups excluding carboxylic acids is 1. The van der Waals surface area contributed by atoms with Crippen molar-refractivity contribution in [2.45, 2.75) is 32.5 Å². The molecule has 0 bridgehead atoms. The van der Waals surface area contributed by atoms with Crippen molar-refractivity contribution in [2.75, 3.05) is 13.2 Å². The summed E-state index contributed by atoms with van der Waals surface area (Å²) >= 11 is 0. The molecule has 0 rings (SSSR count). The van der Waals surface area contributed by atoms with E-state index in [1.807, 2.05) is 0 Å². The van der Waals surface area contributed by atoms with Gasteiger partial charge in [-0.3, -0.25) is 0 Å². The Hall–Kier alpha value is -1.70. The van der Waals surface area contributed by atoms with Crippen molar-refractivity contribution in [1.29, 1.82) is 0 Å². The van der Waals surface area contributed by atoms with Crippen LogP contribution in [0.1, 0.15) is 20.3 Å². The minimum absolute atomic E-state index is 0.189. The number of rotatable bonds is 7. The van der Waals surface area contributed by atoms with Crippen molar-refractivity contribution in [2.24, 2.45) is 0 Å². The maximum atomic E-state index is 10.3. The third-order valence-corrected chi connectivity index (χ3v) is 1.99. The fourth-order valence-electron chi connectivity index (χ4n) is 0.768. The number of carboxylic acids is 1. The molecular weight excluding hydrogens is 268 g/mol. The molecule has 116 valence electrons. The van der Waals surface area contributed by atoms with Crippen LogP contribution in [0.3, 0.4) is 0 Å². The third kappa shape index (κ3) is 12.7. The highest BCUT2D eigenvalue weighted by Gasteiger charge is 2.03. The minimum Gasteiger partial charge on any atom is -0.478 e. The molecule has 20 heavy (non-hydrogen) atoms. The van der Waals surface area contributed by atoms with Crippen LogP contribution in [-0.4, -0.2) is 57.8 Å². The van der Waals surface area contributed by atoms with Crippen LogP contribution < -0.4 is 0 Å². The van der Waals surface area contributed by atoms with Crippen molar-refractivity contribution in [3.63, 3.8) is 0 Å². The lowest BCUT2D eigenvalue weighted by Gasteiger charge is -2.05. The number of aliphatic hydroxyl groups is 3. The number of carbonyl (C=O) groups is 2. The van der Waals surface area contributed by atoms with Gasteiger partial charge in [0.1, 0.15) is 12.7 Å². The van der Waals surface area contributed by atoms with E-state index in [-0.39, 0.29) is 12.2 Å². The van der Waals surface area contributed by atoms with Crippen molar-refractivity contribution < 1.29 is 34.8 Å². The van der Waals surface area contributed by atoms with Crippen molar-refractivity contribution in [3.05, 3.63) is 24.3 Å². The topological polar surface area (TPSA) is 124 Å². The molecule has 0 spiro atoms. The van der Waals surface area contributed by atoms with Gasteiger partial charge in [0.25, 0.3) is 0 Å². The van der Waals surface area contributed by atoms with Crippen LogP contribution in [0, 0.1) is 0 Å². The van der Waals surface area contributed by atoms with Gasteiger partial charge in [-0.25, -0.2) is 9.59 Å². The molecule has 0 aliphatic carbocycles. The van der Waals surface area contributed by atoms with Gasteiger partial charge < -0.3 is 25.2 Å². The number of hydrogen-bond acceptors (Lipinski definition) is 6. The van der Waals surface area contributed by atoms with E-state index in [2.05, 4.69) is 11.3 Å². The molecule has 2 atom stereocenters. The van der Waals surface area contributed by atoms with E-state index in [0.717, 1.165) is 6.08 Å². The molecule has 0 saturated heterocycles. The molecule has 0 heterocycles. The lowest BCUT2D eigenvalue weighted by molar-refractivity contribution is -0.141. The second-order valence-electron chi connectivity index (χ2n) is 3.80. The van der Waals surface area contributed by atoms with Gasteiger partial charge in [0, 0.05) is 11.6 Å². The molecule has 0 amide bonds. The Labute approximate surface area is 117 Å². The Morgan fingerprint density at radius 3 is 2.25 bits per heavy atom. The van der Waals surface area contributed by atoms with Crippen LogP contribution in [0.15, 0.2) is 24.3 Å². The average Bonchev–Trinajstić information content (AvgIpc) is 2.44. The third-order valence-electron chi connectivity index (χ3n) is 1.99. The van der Waals surface area contributed by atoms with Gasteiger partial charge in [0.2, 0.25) is 0 Å². The SMILES string of the molecule is C=CC(=O)OCC(O)CO.CCC(O)C=C(C)C(=O)O. The molecular formula is C13H22O7. The Kier molecular flexibility index (Phi) is 12.7. The van der Waals surface area contributed by atoms with Gasteiger partial charge in [-0.1, -0.05) is 13.5 Å². The van der Waals surface area contributed by atoms with Crippen LogP contribution in [0.5, 0.6) is 0 Å². The van der Waals surface area contributed by atoms with E-state index in [1.54, 1.807) is 6.92 Å². The summed E-state index contributed by atoms with van der Waals surface area (Å²) in [6, 6.07) is 0. The first kappa shape index (κ1) is 20.6. The van der Waals surface area contributed by atoms with E-state index in [4.69, 9.17) is 20.4 Å². The largest absolute Gasteiger partial charge is 0.478 e. The first-order valence-corrected chi connectivity index (χ1v) is 5.96. The van der Waals surface area contributed by atoms with E-state index >= 15 is 0 Å². The van der Waals surface area contributed by atoms with Crippen molar-refractivity contribution in [1.82, 2.24) is 0 Å². The number of esters is 1. The maximum Gasteiger partial charge on any atom is 0.331 e. The zero-order valence-electron chi connectivity index (χ0n) is 11.7. The van der Waals surface area contributed by atoms with E-state index in [9.17, 15) is 9.59 Å². The summed E-state index contributed by atoms with van der Waals surface area (Å²) in [5.74, 6) is -1.58. The number of carboxylic acid groups (broad SMARTS) is 1. The molecule has 4 N–H and O–H groups in total. The molecule has 7 heteroatoms. The zero-order chi connectivity index (χ0) is 16.1. The Morgan fingerprint density at radius 1 is 1.35 bits per heavy atom. The summed E-state index contributed by atoms with van der Waals surface area (Å²) in [7, 11) is 0. The molecule has 0 aromatic heterocycles. The second-order valence-corrected chi connectivity index (χ2v) is 3.80. The highest BCUT2D eigenvalue weighted by molar-refractivity contribution is 5.85. The van der Waals surface area contributed by atoms with Gasteiger partial charge in [-0.15, -0.1) is 0 Å². The Morgan fingerprint density at radius 2 is 1.90 bits per heavy atom. The van der Waals surface area contributed by atoms with Crippen molar-refractivity contribution in [3.8, 4) is 0 Å². The highest BCUT2D eigenvalue weighted by atomic mass is 16.5. The molecule has 0 aromatic rings. The smallest absolute Gasteiger partial charge is 0.331 e. The quantitative estimate of drug-likeness (QED) is 0.380. The maximum absolute atomic E-state index is 10.3. The molecule has 0 radical (unpaired) electrons. The van der Waals surface area contributed by atoms with Gasteiger partial charge >= 0.3 is 11.9 Å². The van der Waals surface area contributed by atoms with Gasteiger partial charge in [0.05, 0.1) is 12.7 Å². The molecule has 0 fully saturated rings. The molecule has 7 nitrogen and oxygen atoms in total. The highest BCUT2D eigenvalue weighted by Crippen LogP contribution is 1.98. The second kappa shape index (κ2) is 12.3. The van der Waals surface area contributed by atoms with Gasteiger partial charge in [0.15, 0.2) is 0 Å². The number of aliphatic carboxylic acids is 1. The summed E-state index contributed by atoms with van der Waals surface area (Å²) in [4.78, 5) is 20.5. The van der Waals surface area contributed by atoms with E-state index in [0.29, 0.717) is 6.42 Å². The number of ether oxygens (including phenoxy) is 1. The summed E-state index contributed by atoms with van der Waals surface area (Å²) in [5, 5.41) is 34.2. The Balaban J connectivity index is 0. The molecule has 2 unspecified atom stereocenters. The number of aliphatic hydroxyl groups excluding tert-OH is 3. The fourth-order valence-corrected chi connectivity index (χ4v) is 0.768. The van der Waals surface area contributed by atoms with Crippen LogP contribution in [0.25, 0.3) is 0 Å². The first-order chi connectivity index (χ1) is 9.28.